The lowest BCUT2D eigenvalue weighted by atomic mass is 9.74. The number of hydrogen-bond donors (Lipinski definition) is 3. The van der Waals surface area contributed by atoms with Crippen LogP contribution in [0.4, 0.5) is 16.3 Å². The van der Waals surface area contributed by atoms with Crippen LogP contribution in [0.3, 0.4) is 0 Å². The van der Waals surface area contributed by atoms with Crippen molar-refractivity contribution in [3.63, 3.8) is 0 Å². The van der Waals surface area contributed by atoms with Crippen molar-refractivity contribution in [3.8, 4) is 5.69 Å². The van der Waals surface area contributed by atoms with Crippen molar-refractivity contribution in [1.82, 2.24) is 15.1 Å². The van der Waals surface area contributed by atoms with Gasteiger partial charge in [-0.05, 0) is 86.3 Å². The second kappa shape index (κ2) is 13.4. The number of carbonyl (C=O) groups excluding carboxylic acids is 2. The van der Waals surface area contributed by atoms with E-state index in [1.165, 1.54) is 0 Å². The van der Waals surface area contributed by atoms with Crippen LogP contribution in [-0.4, -0.2) is 34.7 Å². The first-order valence-corrected chi connectivity index (χ1v) is 15.7. The lowest BCUT2D eigenvalue weighted by molar-refractivity contribution is -0.123. The Morgan fingerprint density at radius 3 is 2.27 bits per heavy atom. The molecule has 8 heteroatoms. The predicted octanol–water partition coefficient (Wildman–Crippen LogP) is 8.23. The molecule has 4 aromatic rings. The molecule has 0 aliphatic carbocycles. The molecular weight excluding hydrogens is 570 g/mol. The Kier molecular flexibility index (Phi) is 9.56. The number of rotatable bonds is 8. The summed E-state index contributed by atoms with van der Waals surface area (Å²) in [5.41, 5.74) is 5.18. The Hall–Kier alpha value is -3.94. The first-order valence-electron chi connectivity index (χ1n) is 15.3. The average molecular weight is 612 g/mol. The molecule has 3 aromatic carbocycles. The minimum atomic E-state index is -0.379. The number of nitrogens with zero attached hydrogens (tertiary/aromatic N) is 2. The number of halogens is 1. The minimum absolute atomic E-state index is 0.178. The lowest BCUT2D eigenvalue weighted by Gasteiger charge is -2.32. The quantitative estimate of drug-likeness (QED) is 0.187. The molecule has 5 rings (SSSR count). The van der Waals surface area contributed by atoms with Crippen LogP contribution >= 0.6 is 11.6 Å². The molecule has 3 N–H and O–H groups in total. The van der Waals surface area contributed by atoms with Gasteiger partial charge in [0.2, 0.25) is 0 Å². The third-order valence-electron chi connectivity index (χ3n) is 8.46. The van der Waals surface area contributed by atoms with Crippen molar-refractivity contribution in [2.75, 3.05) is 23.7 Å². The van der Waals surface area contributed by atoms with Crippen LogP contribution < -0.4 is 16.0 Å². The summed E-state index contributed by atoms with van der Waals surface area (Å²) < 4.78 is 1.76. The summed E-state index contributed by atoms with van der Waals surface area (Å²) in [6.07, 6.45) is 1.84. The van der Waals surface area contributed by atoms with E-state index in [9.17, 15) is 9.59 Å². The lowest BCUT2D eigenvalue weighted by Crippen LogP contribution is -2.35. The van der Waals surface area contributed by atoms with Crippen LogP contribution in [-0.2, 0) is 10.2 Å². The van der Waals surface area contributed by atoms with Gasteiger partial charge < -0.3 is 10.6 Å². The monoisotopic (exact) mass is 611 g/mol. The second-order valence-corrected chi connectivity index (χ2v) is 13.3. The molecule has 0 radical (unpaired) electrons. The number of benzene rings is 3. The largest absolute Gasteiger partial charge is 0.324 e. The number of piperidine rings is 1. The zero-order valence-electron chi connectivity index (χ0n) is 26.2. The van der Waals surface area contributed by atoms with Crippen LogP contribution in [0.25, 0.3) is 5.69 Å². The highest BCUT2D eigenvalue weighted by Gasteiger charge is 2.34. The van der Waals surface area contributed by atoms with Crippen molar-refractivity contribution >= 4 is 34.9 Å². The van der Waals surface area contributed by atoms with Crippen LogP contribution in [0.2, 0.25) is 5.02 Å². The van der Waals surface area contributed by atoms with Gasteiger partial charge in [-0.3, -0.25) is 10.1 Å². The molecule has 230 valence electrons. The number of nitrogens with one attached hydrogen (secondary N) is 3. The van der Waals surface area contributed by atoms with E-state index in [1.807, 2.05) is 92.7 Å². The number of anilines is 2. The van der Waals surface area contributed by atoms with Crippen LogP contribution in [0.5, 0.6) is 0 Å². The Morgan fingerprint density at radius 2 is 1.61 bits per heavy atom. The van der Waals surface area contributed by atoms with E-state index in [0.717, 1.165) is 54.0 Å². The first-order chi connectivity index (χ1) is 21.0. The number of Topliss-reactive ketones (excluding diaryl/α,β-unsaturated/α-hetero) is 1. The fourth-order valence-corrected chi connectivity index (χ4v) is 5.97. The maximum absolute atomic E-state index is 14.1. The first kappa shape index (κ1) is 31.5. The van der Waals surface area contributed by atoms with Gasteiger partial charge in [-0.1, -0.05) is 81.3 Å². The molecule has 1 fully saturated rings. The summed E-state index contributed by atoms with van der Waals surface area (Å²) in [4.78, 5) is 27.5. The Morgan fingerprint density at radius 1 is 0.932 bits per heavy atom. The molecule has 0 spiro atoms. The maximum Gasteiger partial charge on any atom is 0.324 e. The summed E-state index contributed by atoms with van der Waals surface area (Å²) in [5, 5.41) is 14.9. The number of aromatic nitrogens is 2. The Bertz CT molecular complexity index is 1600. The van der Waals surface area contributed by atoms with Crippen molar-refractivity contribution in [3.05, 3.63) is 106 Å². The number of aryl methyl sites for hydroxylation is 1. The molecule has 1 aromatic heterocycles. The molecule has 2 heterocycles. The number of amides is 2. The fraction of sp³-hybridized carbons (Fsp3) is 0.361. The van der Waals surface area contributed by atoms with E-state index >= 15 is 0 Å². The molecular formula is C36H42ClN5O2. The Balaban J connectivity index is 1.39. The third-order valence-corrected chi connectivity index (χ3v) is 8.71. The molecule has 0 saturated carbocycles. The number of urea groups is 1. The number of ketones is 1. The fourth-order valence-electron chi connectivity index (χ4n) is 5.84. The number of hydrogen-bond acceptors (Lipinski definition) is 4. The average Bonchev–Trinajstić information content (AvgIpc) is 3.42. The molecule has 1 saturated heterocycles. The molecule has 2 amide bonds. The summed E-state index contributed by atoms with van der Waals surface area (Å²) in [5.74, 6) is 0.391. The standard InChI is InChI=1S/C36H42ClN5O2/c1-23-9-15-30(16-10-23)42-32(22-31(41-42)36(3,4)5)40-35(44)39-29-8-6-7-27(21-29)33(26-17-19-38-20-18-26)34(43)24(2)25-11-13-28(37)14-12-25/h6-16,21-22,24,26,33,38H,17-20H2,1-5H3,(H2,39,40,44). The minimum Gasteiger partial charge on any atom is -0.317 e. The highest BCUT2D eigenvalue weighted by Crippen LogP contribution is 2.37. The van der Waals surface area contributed by atoms with E-state index in [2.05, 4.69) is 36.7 Å². The van der Waals surface area contributed by atoms with Gasteiger partial charge in [0.1, 0.15) is 11.6 Å². The Labute approximate surface area is 265 Å². The summed E-state index contributed by atoms with van der Waals surface area (Å²) in [7, 11) is 0. The van der Waals surface area contributed by atoms with Crippen LogP contribution in [0.1, 0.15) is 74.8 Å². The summed E-state index contributed by atoms with van der Waals surface area (Å²) in [6.45, 7) is 12.1. The third kappa shape index (κ3) is 7.40. The molecule has 44 heavy (non-hydrogen) atoms. The molecule has 2 unspecified atom stereocenters. The normalized spacial score (nSPS) is 15.4. The van der Waals surface area contributed by atoms with E-state index < -0.39 is 0 Å². The van der Waals surface area contributed by atoms with Crippen molar-refractivity contribution in [2.45, 2.75) is 64.7 Å². The van der Waals surface area contributed by atoms with Crippen LogP contribution in [0.15, 0.2) is 78.9 Å². The zero-order valence-corrected chi connectivity index (χ0v) is 26.9. The van der Waals surface area contributed by atoms with Gasteiger partial charge in [-0.2, -0.15) is 5.10 Å². The van der Waals surface area contributed by atoms with E-state index in [0.29, 0.717) is 16.5 Å². The topological polar surface area (TPSA) is 88.1 Å². The van der Waals surface area contributed by atoms with Gasteiger partial charge >= 0.3 is 6.03 Å². The molecule has 1 aliphatic rings. The summed E-state index contributed by atoms with van der Waals surface area (Å²) in [6, 6.07) is 24.8. The van der Waals surface area contributed by atoms with Crippen LogP contribution in [0, 0.1) is 12.8 Å². The van der Waals surface area contributed by atoms with Gasteiger partial charge in [-0.25, -0.2) is 9.48 Å². The molecule has 7 nitrogen and oxygen atoms in total. The summed E-state index contributed by atoms with van der Waals surface area (Å²) >= 11 is 6.12. The van der Waals surface area contributed by atoms with E-state index in [-0.39, 0.29) is 35.0 Å². The van der Waals surface area contributed by atoms with Gasteiger partial charge in [0.25, 0.3) is 0 Å². The second-order valence-electron chi connectivity index (χ2n) is 12.9. The van der Waals surface area contributed by atoms with Gasteiger partial charge in [0, 0.05) is 34.0 Å². The van der Waals surface area contributed by atoms with Gasteiger partial charge in [-0.15, -0.1) is 0 Å². The SMILES string of the molecule is Cc1ccc(-n2nc(C(C)(C)C)cc2NC(=O)Nc2cccc(C(C(=O)C(C)c3ccc(Cl)cc3)C3CCNCC3)c2)cc1. The predicted molar refractivity (Wildman–Crippen MR) is 179 cm³/mol. The molecule has 2 atom stereocenters. The highest BCUT2D eigenvalue weighted by atomic mass is 35.5. The molecule has 0 bridgehead atoms. The highest BCUT2D eigenvalue weighted by molar-refractivity contribution is 6.30. The van der Waals surface area contributed by atoms with Gasteiger partial charge in [0.15, 0.2) is 0 Å². The number of carbonyl (C=O) groups is 2. The van der Waals surface area contributed by atoms with Crippen molar-refractivity contribution in [2.24, 2.45) is 5.92 Å². The van der Waals surface area contributed by atoms with Crippen molar-refractivity contribution in [1.29, 1.82) is 0 Å². The molecule has 1 aliphatic heterocycles. The zero-order chi connectivity index (χ0) is 31.4. The maximum atomic E-state index is 14.1. The van der Waals surface area contributed by atoms with E-state index in [4.69, 9.17) is 16.7 Å². The smallest absolute Gasteiger partial charge is 0.317 e. The van der Waals surface area contributed by atoms with Gasteiger partial charge in [0.05, 0.1) is 11.4 Å². The van der Waals surface area contributed by atoms with E-state index in [1.54, 1.807) is 4.68 Å². The van der Waals surface area contributed by atoms with Crippen molar-refractivity contribution < 1.29 is 9.59 Å².